The molecule has 2 amide bonds. The summed E-state index contributed by atoms with van der Waals surface area (Å²) >= 11 is 2.87. The number of esters is 1. The van der Waals surface area contributed by atoms with Crippen LogP contribution in [0.2, 0.25) is 0 Å². The fraction of sp³-hybridized carbons (Fsp3) is 0.312. The van der Waals surface area contributed by atoms with Crippen molar-refractivity contribution in [2.24, 2.45) is 0 Å². The van der Waals surface area contributed by atoms with E-state index in [4.69, 9.17) is 9.47 Å². The number of rotatable bonds is 5. The molecule has 0 spiro atoms. The number of methoxy groups -OCH3 is 3. The molecule has 1 aliphatic heterocycles. The zero-order valence-electron chi connectivity index (χ0n) is 14.0. The van der Waals surface area contributed by atoms with E-state index in [0.717, 1.165) is 20.2 Å². The number of thioether (sulfide) groups is 1. The third kappa shape index (κ3) is 3.92. The van der Waals surface area contributed by atoms with Crippen molar-refractivity contribution in [3.05, 3.63) is 26.2 Å². The summed E-state index contributed by atoms with van der Waals surface area (Å²) in [6.45, 7) is 1.45. The Hall–Kier alpha value is -1.75. The lowest BCUT2D eigenvalue weighted by atomic mass is 10.1. The van der Waals surface area contributed by atoms with Crippen molar-refractivity contribution >= 4 is 57.5 Å². The zero-order chi connectivity index (χ0) is 18.7. The highest BCUT2D eigenvalue weighted by Crippen LogP contribution is 2.37. The lowest BCUT2D eigenvalue weighted by Gasteiger charge is -2.18. The molecule has 0 bridgehead atoms. The molecule has 134 valence electrons. The molecular formula is C16H16INO6S. The Bertz CT molecular complexity index is 763. The average Bonchev–Trinajstić information content (AvgIpc) is 2.86. The molecule has 0 radical (unpaired) electrons. The van der Waals surface area contributed by atoms with Gasteiger partial charge in [0.25, 0.3) is 11.1 Å². The smallest absolute Gasteiger partial charge is 0.328 e. The van der Waals surface area contributed by atoms with Crippen molar-refractivity contribution in [2.75, 3.05) is 21.3 Å². The molecule has 1 fully saturated rings. The van der Waals surface area contributed by atoms with Crippen LogP contribution in [0, 0.1) is 3.57 Å². The van der Waals surface area contributed by atoms with Gasteiger partial charge in [-0.3, -0.25) is 14.5 Å². The summed E-state index contributed by atoms with van der Waals surface area (Å²) in [6.07, 6.45) is 1.58. The number of hydrogen-bond acceptors (Lipinski definition) is 7. The Morgan fingerprint density at radius 3 is 2.48 bits per heavy atom. The van der Waals surface area contributed by atoms with Gasteiger partial charge in [-0.15, -0.1) is 0 Å². The van der Waals surface area contributed by atoms with E-state index in [2.05, 4.69) is 27.3 Å². The molecule has 1 aromatic rings. The van der Waals surface area contributed by atoms with Crippen LogP contribution in [0.3, 0.4) is 0 Å². The largest absolute Gasteiger partial charge is 0.493 e. The Labute approximate surface area is 162 Å². The van der Waals surface area contributed by atoms with Crippen LogP contribution < -0.4 is 9.47 Å². The summed E-state index contributed by atoms with van der Waals surface area (Å²) in [5.74, 6) is -0.0719. The van der Waals surface area contributed by atoms with E-state index < -0.39 is 23.2 Å². The van der Waals surface area contributed by atoms with Crippen molar-refractivity contribution in [2.45, 2.75) is 13.0 Å². The highest BCUT2D eigenvalue weighted by molar-refractivity contribution is 14.1. The summed E-state index contributed by atoms with van der Waals surface area (Å²) < 4.78 is 16.0. The lowest BCUT2D eigenvalue weighted by molar-refractivity contribution is -0.148. The van der Waals surface area contributed by atoms with E-state index in [9.17, 15) is 14.4 Å². The normalized spacial score (nSPS) is 17.0. The summed E-state index contributed by atoms with van der Waals surface area (Å²) in [7, 11) is 4.27. The monoisotopic (exact) mass is 477 g/mol. The Morgan fingerprint density at radius 2 is 1.92 bits per heavy atom. The molecule has 1 aliphatic rings. The second kappa shape index (κ2) is 8.09. The van der Waals surface area contributed by atoms with Gasteiger partial charge < -0.3 is 14.2 Å². The predicted molar refractivity (Wildman–Crippen MR) is 102 cm³/mol. The van der Waals surface area contributed by atoms with Gasteiger partial charge in [-0.1, -0.05) is 0 Å². The summed E-state index contributed by atoms with van der Waals surface area (Å²) in [6, 6.07) is 2.53. The minimum Gasteiger partial charge on any atom is -0.493 e. The molecule has 0 N–H and O–H groups in total. The van der Waals surface area contributed by atoms with Crippen LogP contribution in [-0.2, 0) is 14.3 Å². The highest BCUT2D eigenvalue weighted by atomic mass is 127. The maximum absolute atomic E-state index is 12.5. The van der Waals surface area contributed by atoms with Crippen LogP contribution >= 0.6 is 34.4 Å². The number of ether oxygens (including phenoxy) is 3. The van der Waals surface area contributed by atoms with E-state index in [1.54, 1.807) is 25.3 Å². The summed E-state index contributed by atoms with van der Waals surface area (Å²) in [4.78, 5) is 37.4. The van der Waals surface area contributed by atoms with E-state index >= 15 is 0 Å². The van der Waals surface area contributed by atoms with E-state index in [0.29, 0.717) is 17.1 Å². The summed E-state index contributed by atoms with van der Waals surface area (Å²) in [5.41, 5.74) is 0.679. The van der Waals surface area contributed by atoms with Gasteiger partial charge in [0.15, 0.2) is 11.5 Å². The number of hydrogen-bond donors (Lipinski definition) is 0. The maximum atomic E-state index is 12.5. The fourth-order valence-electron chi connectivity index (χ4n) is 2.26. The number of amides is 2. The van der Waals surface area contributed by atoms with Gasteiger partial charge in [0.2, 0.25) is 0 Å². The Morgan fingerprint density at radius 1 is 1.24 bits per heavy atom. The van der Waals surface area contributed by atoms with Crippen molar-refractivity contribution in [3.63, 3.8) is 0 Å². The molecule has 0 saturated carbocycles. The molecule has 2 rings (SSSR count). The van der Waals surface area contributed by atoms with E-state index in [1.165, 1.54) is 21.1 Å². The Kier molecular flexibility index (Phi) is 6.33. The molecule has 0 aromatic heterocycles. The molecule has 9 heteroatoms. The number of nitrogens with zero attached hydrogens (tertiary/aromatic N) is 1. The first kappa shape index (κ1) is 19.6. The van der Waals surface area contributed by atoms with Gasteiger partial charge in [0, 0.05) is 0 Å². The van der Waals surface area contributed by atoms with Crippen LogP contribution in [0.4, 0.5) is 4.79 Å². The van der Waals surface area contributed by atoms with E-state index in [1.807, 2.05) is 0 Å². The fourth-order valence-corrected chi connectivity index (χ4v) is 4.02. The first-order chi connectivity index (χ1) is 11.8. The van der Waals surface area contributed by atoms with Crippen LogP contribution in [0.15, 0.2) is 17.0 Å². The molecule has 7 nitrogen and oxygen atoms in total. The van der Waals surface area contributed by atoms with Crippen molar-refractivity contribution < 1.29 is 28.6 Å². The van der Waals surface area contributed by atoms with Gasteiger partial charge >= 0.3 is 5.97 Å². The molecular weight excluding hydrogens is 461 g/mol. The zero-order valence-corrected chi connectivity index (χ0v) is 17.0. The van der Waals surface area contributed by atoms with Crippen LogP contribution in [0.1, 0.15) is 12.5 Å². The minimum atomic E-state index is -0.978. The van der Waals surface area contributed by atoms with Gasteiger partial charge in [-0.2, -0.15) is 0 Å². The van der Waals surface area contributed by atoms with Crippen LogP contribution in [0.5, 0.6) is 11.5 Å². The molecule has 25 heavy (non-hydrogen) atoms. The minimum absolute atomic E-state index is 0.226. The van der Waals surface area contributed by atoms with Crippen LogP contribution in [-0.4, -0.2) is 49.4 Å². The van der Waals surface area contributed by atoms with Gasteiger partial charge in [-0.25, -0.2) is 4.79 Å². The maximum Gasteiger partial charge on any atom is 0.328 e. The second-order valence-corrected chi connectivity index (χ2v) is 7.14. The quantitative estimate of drug-likeness (QED) is 0.367. The standard InChI is InChI=1S/C16H16INO6S/c1-8(15(20)24-4)18-14(19)12(25-16(18)21)7-9-5-10(17)13(23-3)11(6-9)22-2/h5-8H,1-4H3. The number of benzene rings is 1. The first-order valence-corrected chi connectivity index (χ1v) is 9.00. The average molecular weight is 477 g/mol. The van der Waals surface area contributed by atoms with Gasteiger partial charge in [0.05, 0.1) is 29.8 Å². The molecule has 0 aliphatic carbocycles. The van der Waals surface area contributed by atoms with Gasteiger partial charge in [0.1, 0.15) is 6.04 Å². The number of carbonyl (C=O) groups is 3. The van der Waals surface area contributed by atoms with Crippen molar-refractivity contribution in [1.29, 1.82) is 0 Å². The Balaban J connectivity index is 2.37. The topological polar surface area (TPSA) is 82.1 Å². The lowest BCUT2D eigenvalue weighted by Crippen LogP contribution is -2.42. The first-order valence-electron chi connectivity index (χ1n) is 7.10. The van der Waals surface area contributed by atoms with Crippen LogP contribution in [0.25, 0.3) is 6.08 Å². The molecule has 1 saturated heterocycles. The molecule has 1 atom stereocenters. The molecule has 1 heterocycles. The second-order valence-electron chi connectivity index (χ2n) is 4.99. The number of halogens is 1. The van der Waals surface area contributed by atoms with Crippen molar-refractivity contribution in [3.8, 4) is 11.5 Å². The van der Waals surface area contributed by atoms with E-state index in [-0.39, 0.29) is 4.91 Å². The highest BCUT2D eigenvalue weighted by Gasteiger charge is 2.41. The third-order valence-corrected chi connectivity index (χ3v) is 5.19. The van der Waals surface area contributed by atoms with Gasteiger partial charge in [-0.05, 0) is 65.0 Å². The molecule has 1 aromatic carbocycles. The SMILES string of the molecule is COC(=O)C(C)N1C(=O)SC(=Cc2cc(I)c(OC)c(OC)c2)C1=O. The van der Waals surface area contributed by atoms with Crippen molar-refractivity contribution in [1.82, 2.24) is 4.90 Å². The number of carbonyl (C=O) groups excluding carboxylic acids is 3. The number of imide groups is 1. The predicted octanol–water partition coefficient (Wildman–Crippen LogP) is 2.91. The molecule has 1 unspecified atom stereocenters. The third-order valence-electron chi connectivity index (χ3n) is 3.51. The summed E-state index contributed by atoms with van der Waals surface area (Å²) in [5, 5.41) is -0.510.